The number of hydrogen-bond donors (Lipinski definition) is 1. The number of nitrogens with one attached hydrogen (secondary N) is 1. The Labute approximate surface area is 218 Å². The van der Waals surface area contributed by atoms with Crippen LogP contribution in [0, 0.1) is 0 Å². The first-order valence-corrected chi connectivity index (χ1v) is 13.5. The van der Waals surface area contributed by atoms with Gasteiger partial charge in [-0.15, -0.1) is 11.3 Å². The molecule has 3 aromatic rings. The summed E-state index contributed by atoms with van der Waals surface area (Å²) in [5.41, 5.74) is 1.50. The van der Waals surface area contributed by atoms with Gasteiger partial charge in [-0.25, -0.2) is 18.2 Å². The SMILES string of the molecule is COc1ccc(-c2csc(NC(=O)COC(=O)c3ccc(OC)c(S(=O)(=O)N4CCOCC4)c3)n2)cc1. The number of nitrogens with zero attached hydrogens (tertiary/aromatic N) is 2. The Kier molecular flexibility index (Phi) is 8.38. The van der Waals surface area contributed by atoms with Crippen LogP contribution in [0.2, 0.25) is 0 Å². The molecule has 1 amide bonds. The number of carbonyl (C=O) groups excluding carboxylic acids is 2. The number of morpholine rings is 1. The summed E-state index contributed by atoms with van der Waals surface area (Å²) in [7, 11) is -1.01. The molecule has 2 heterocycles. The Balaban J connectivity index is 1.39. The third-order valence-electron chi connectivity index (χ3n) is 5.46. The summed E-state index contributed by atoms with van der Waals surface area (Å²) in [5, 5.41) is 4.72. The molecule has 1 aliphatic rings. The first-order chi connectivity index (χ1) is 17.8. The van der Waals surface area contributed by atoms with Gasteiger partial charge in [0.1, 0.15) is 16.4 Å². The second-order valence-electron chi connectivity index (χ2n) is 7.77. The number of aromatic nitrogens is 1. The number of rotatable bonds is 9. The normalized spacial score (nSPS) is 14.1. The van der Waals surface area contributed by atoms with Gasteiger partial charge in [0.25, 0.3) is 5.91 Å². The topological polar surface area (TPSA) is 133 Å². The van der Waals surface area contributed by atoms with E-state index in [0.29, 0.717) is 10.8 Å². The molecule has 0 unspecified atom stereocenters. The average molecular weight is 548 g/mol. The molecule has 4 rings (SSSR count). The highest BCUT2D eigenvalue weighted by Crippen LogP contribution is 2.29. The maximum atomic E-state index is 13.1. The van der Waals surface area contributed by atoms with Gasteiger partial charge in [0.2, 0.25) is 10.0 Å². The Hall–Kier alpha value is -3.52. The lowest BCUT2D eigenvalue weighted by atomic mass is 10.2. The first kappa shape index (κ1) is 26.5. The van der Waals surface area contributed by atoms with Gasteiger partial charge < -0.3 is 18.9 Å². The van der Waals surface area contributed by atoms with Crippen molar-refractivity contribution in [3.63, 3.8) is 0 Å². The van der Waals surface area contributed by atoms with Gasteiger partial charge in [0, 0.05) is 24.0 Å². The maximum Gasteiger partial charge on any atom is 0.338 e. The average Bonchev–Trinajstić information content (AvgIpc) is 3.40. The van der Waals surface area contributed by atoms with Crippen molar-refractivity contribution in [1.82, 2.24) is 9.29 Å². The van der Waals surface area contributed by atoms with Crippen molar-refractivity contribution >= 4 is 38.4 Å². The Morgan fingerprint density at radius 1 is 1.08 bits per heavy atom. The number of methoxy groups -OCH3 is 2. The standard InChI is InChI=1S/C24H25N3O8S2/c1-32-18-6-3-16(4-7-18)19-15-36-24(25-19)26-22(28)14-35-23(29)17-5-8-20(33-2)21(13-17)37(30,31)27-9-11-34-12-10-27/h3-8,13,15H,9-12,14H2,1-2H3,(H,25,26,28). The second-order valence-corrected chi connectivity index (χ2v) is 10.5. The van der Waals surface area contributed by atoms with E-state index in [1.54, 1.807) is 12.5 Å². The summed E-state index contributed by atoms with van der Waals surface area (Å²) in [6, 6.07) is 11.3. The number of anilines is 1. The van der Waals surface area contributed by atoms with Gasteiger partial charge in [-0.05, 0) is 42.5 Å². The summed E-state index contributed by atoms with van der Waals surface area (Å²) >= 11 is 1.23. The lowest BCUT2D eigenvalue weighted by Gasteiger charge is -2.26. The van der Waals surface area contributed by atoms with Crippen molar-refractivity contribution in [3.05, 3.63) is 53.4 Å². The highest BCUT2D eigenvalue weighted by molar-refractivity contribution is 7.89. The number of sulfonamides is 1. The molecule has 0 radical (unpaired) electrons. The van der Waals surface area contributed by atoms with Crippen LogP contribution in [0.4, 0.5) is 5.13 Å². The lowest BCUT2D eigenvalue weighted by Crippen LogP contribution is -2.40. The van der Waals surface area contributed by atoms with E-state index in [4.69, 9.17) is 18.9 Å². The van der Waals surface area contributed by atoms with E-state index in [9.17, 15) is 18.0 Å². The molecule has 1 aliphatic heterocycles. The number of amides is 1. The molecule has 13 heteroatoms. The van der Waals surface area contributed by atoms with E-state index in [0.717, 1.165) is 11.3 Å². The van der Waals surface area contributed by atoms with Crippen molar-refractivity contribution in [2.45, 2.75) is 4.90 Å². The molecule has 0 atom stereocenters. The van der Waals surface area contributed by atoms with Gasteiger partial charge >= 0.3 is 5.97 Å². The summed E-state index contributed by atoms with van der Waals surface area (Å²) in [5.74, 6) is -0.623. The van der Waals surface area contributed by atoms with Crippen LogP contribution in [0.25, 0.3) is 11.3 Å². The lowest BCUT2D eigenvalue weighted by molar-refractivity contribution is -0.119. The smallest absolute Gasteiger partial charge is 0.338 e. The summed E-state index contributed by atoms with van der Waals surface area (Å²) in [4.78, 5) is 29.2. The molecule has 11 nitrogen and oxygen atoms in total. The zero-order chi connectivity index (χ0) is 26.4. The van der Waals surface area contributed by atoms with Crippen LogP contribution in [-0.2, 0) is 24.3 Å². The summed E-state index contributed by atoms with van der Waals surface area (Å²) in [6.45, 7) is 0.362. The van der Waals surface area contributed by atoms with E-state index < -0.39 is 28.5 Å². The third kappa shape index (κ3) is 6.25. The number of benzene rings is 2. The van der Waals surface area contributed by atoms with E-state index >= 15 is 0 Å². The number of esters is 1. The molecule has 2 aromatic carbocycles. The molecule has 37 heavy (non-hydrogen) atoms. The van der Waals surface area contributed by atoms with E-state index in [-0.39, 0.29) is 42.5 Å². The predicted octanol–water partition coefficient (Wildman–Crippen LogP) is 2.64. The number of hydrogen-bond acceptors (Lipinski definition) is 10. The van der Waals surface area contributed by atoms with Gasteiger partial charge in [-0.3, -0.25) is 10.1 Å². The number of ether oxygens (including phenoxy) is 4. The van der Waals surface area contributed by atoms with Crippen LogP contribution < -0.4 is 14.8 Å². The highest BCUT2D eigenvalue weighted by atomic mass is 32.2. The van der Waals surface area contributed by atoms with Gasteiger partial charge in [-0.2, -0.15) is 4.31 Å². The molecule has 0 aliphatic carbocycles. The van der Waals surface area contributed by atoms with Crippen molar-refractivity contribution in [1.29, 1.82) is 0 Å². The van der Waals surface area contributed by atoms with Crippen molar-refractivity contribution < 1.29 is 37.0 Å². The van der Waals surface area contributed by atoms with Crippen LogP contribution in [0.3, 0.4) is 0 Å². The summed E-state index contributed by atoms with van der Waals surface area (Å²) < 4.78 is 48.2. The van der Waals surface area contributed by atoms with Crippen LogP contribution in [0.5, 0.6) is 11.5 Å². The summed E-state index contributed by atoms with van der Waals surface area (Å²) in [6.07, 6.45) is 0. The largest absolute Gasteiger partial charge is 0.497 e. The van der Waals surface area contributed by atoms with Gasteiger partial charge in [-0.1, -0.05) is 0 Å². The Morgan fingerprint density at radius 3 is 2.49 bits per heavy atom. The van der Waals surface area contributed by atoms with Crippen LogP contribution in [-0.4, -0.2) is 76.7 Å². The minimum atomic E-state index is -3.93. The maximum absolute atomic E-state index is 13.1. The molecule has 0 spiro atoms. The molecule has 1 saturated heterocycles. The minimum Gasteiger partial charge on any atom is -0.497 e. The van der Waals surface area contributed by atoms with Crippen LogP contribution in [0.1, 0.15) is 10.4 Å². The van der Waals surface area contributed by atoms with Gasteiger partial charge in [0.15, 0.2) is 11.7 Å². The fraction of sp³-hybridized carbons (Fsp3) is 0.292. The highest BCUT2D eigenvalue weighted by Gasteiger charge is 2.30. The zero-order valence-electron chi connectivity index (χ0n) is 20.1. The molecular formula is C24H25N3O8S2. The van der Waals surface area contributed by atoms with E-state index in [2.05, 4.69) is 10.3 Å². The van der Waals surface area contributed by atoms with E-state index in [1.165, 1.54) is 41.0 Å². The minimum absolute atomic E-state index is 0.0310. The molecule has 0 saturated carbocycles. The number of carbonyl (C=O) groups is 2. The first-order valence-electron chi connectivity index (χ1n) is 11.1. The third-order valence-corrected chi connectivity index (χ3v) is 8.14. The van der Waals surface area contributed by atoms with Crippen molar-refractivity contribution in [3.8, 4) is 22.8 Å². The zero-order valence-corrected chi connectivity index (χ0v) is 21.8. The van der Waals surface area contributed by atoms with Crippen LogP contribution in [0.15, 0.2) is 52.7 Å². The Bertz CT molecular complexity index is 1370. The second kappa shape index (κ2) is 11.7. The molecule has 0 bridgehead atoms. The molecule has 1 N–H and O–H groups in total. The number of thiazole rings is 1. The molecule has 196 valence electrons. The molecule has 1 aromatic heterocycles. The van der Waals surface area contributed by atoms with Gasteiger partial charge in [0.05, 0.1) is 38.7 Å². The monoisotopic (exact) mass is 547 g/mol. The fourth-order valence-electron chi connectivity index (χ4n) is 3.53. The molecular weight excluding hydrogens is 522 g/mol. The quantitative estimate of drug-likeness (QED) is 0.401. The van der Waals surface area contributed by atoms with E-state index in [1.807, 2.05) is 24.3 Å². The Morgan fingerprint density at radius 2 is 1.81 bits per heavy atom. The predicted molar refractivity (Wildman–Crippen MR) is 136 cm³/mol. The van der Waals surface area contributed by atoms with Crippen LogP contribution >= 0.6 is 11.3 Å². The van der Waals surface area contributed by atoms with Crippen molar-refractivity contribution in [2.75, 3.05) is 52.4 Å². The van der Waals surface area contributed by atoms with Crippen molar-refractivity contribution in [2.24, 2.45) is 0 Å². The fourth-order valence-corrected chi connectivity index (χ4v) is 5.85. The molecule has 1 fully saturated rings.